The Morgan fingerprint density at radius 3 is 2.70 bits per heavy atom. The van der Waals surface area contributed by atoms with Crippen molar-refractivity contribution in [1.82, 2.24) is 9.55 Å². The standard InChI is InChI=1S/C12H13N5O2S/c1-8-3-4-9(6-13)5-10(8)16-20(18,19)12-11(14)15-7-17(12)2/h3-5,7,16H,14H2,1-2H3. The van der Waals surface area contributed by atoms with E-state index in [1.54, 1.807) is 19.1 Å². The molecule has 3 N–H and O–H groups in total. The molecule has 0 saturated carbocycles. The average Bonchev–Trinajstić information content (AvgIpc) is 2.72. The lowest BCUT2D eigenvalue weighted by atomic mass is 10.1. The first-order valence-corrected chi connectivity index (χ1v) is 7.14. The molecule has 1 heterocycles. The third-order valence-electron chi connectivity index (χ3n) is 2.78. The minimum absolute atomic E-state index is 0.0749. The average molecular weight is 291 g/mol. The van der Waals surface area contributed by atoms with Crippen molar-refractivity contribution in [3.63, 3.8) is 0 Å². The third kappa shape index (κ3) is 2.44. The summed E-state index contributed by atoms with van der Waals surface area (Å²) >= 11 is 0. The fraction of sp³-hybridized carbons (Fsp3) is 0.167. The molecule has 1 aromatic carbocycles. The van der Waals surface area contributed by atoms with E-state index in [0.29, 0.717) is 16.8 Å². The van der Waals surface area contributed by atoms with Crippen LogP contribution in [0.25, 0.3) is 0 Å². The van der Waals surface area contributed by atoms with Crippen molar-refractivity contribution < 1.29 is 8.42 Å². The molecule has 20 heavy (non-hydrogen) atoms. The molecule has 7 nitrogen and oxygen atoms in total. The first-order valence-electron chi connectivity index (χ1n) is 5.65. The van der Waals surface area contributed by atoms with Crippen LogP contribution in [0.5, 0.6) is 0 Å². The second kappa shape index (κ2) is 4.86. The number of imidazole rings is 1. The maximum atomic E-state index is 12.3. The quantitative estimate of drug-likeness (QED) is 0.875. The van der Waals surface area contributed by atoms with Gasteiger partial charge in [-0.2, -0.15) is 13.7 Å². The van der Waals surface area contributed by atoms with Crippen molar-refractivity contribution in [2.45, 2.75) is 11.9 Å². The molecule has 0 unspecified atom stereocenters. The van der Waals surface area contributed by atoms with Crippen molar-refractivity contribution in [3.05, 3.63) is 35.7 Å². The Balaban J connectivity index is 2.47. The molecule has 0 atom stereocenters. The van der Waals surface area contributed by atoms with E-state index in [9.17, 15) is 8.42 Å². The van der Waals surface area contributed by atoms with Crippen LogP contribution in [-0.4, -0.2) is 18.0 Å². The van der Waals surface area contributed by atoms with Crippen LogP contribution < -0.4 is 10.5 Å². The number of hydrogen-bond acceptors (Lipinski definition) is 5. The first-order chi connectivity index (χ1) is 9.35. The highest BCUT2D eigenvalue weighted by atomic mass is 32.2. The topological polar surface area (TPSA) is 114 Å². The Hall–Kier alpha value is -2.53. The number of benzene rings is 1. The summed E-state index contributed by atoms with van der Waals surface area (Å²) in [6.07, 6.45) is 1.32. The fourth-order valence-corrected chi connectivity index (χ4v) is 3.12. The Kier molecular flexibility index (Phi) is 3.38. The number of aromatic nitrogens is 2. The van der Waals surface area contributed by atoms with Gasteiger partial charge in [-0.05, 0) is 24.6 Å². The Morgan fingerprint density at radius 1 is 1.45 bits per heavy atom. The monoisotopic (exact) mass is 291 g/mol. The van der Waals surface area contributed by atoms with Crippen LogP contribution in [0.1, 0.15) is 11.1 Å². The summed E-state index contributed by atoms with van der Waals surface area (Å²) in [5, 5.41) is 8.75. The van der Waals surface area contributed by atoms with E-state index >= 15 is 0 Å². The van der Waals surface area contributed by atoms with Gasteiger partial charge in [0.05, 0.1) is 23.6 Å². The van der Waals surface area contributed by atoms with Gasteiger partial charge in [0, 0.05) is 7.05 Å². The van der Waals surface area contributed by atoms with Crippen LogP contribution >= 0.6 is 0 Å². The SMILES string of the molecule is Cc1ccc(C#N)cc1NS(=O)(=O)c1c(N)ncn1C. The molecular weight excluding hydrogens is 278 g/mol. The Bertz CT molecular complexity index is 782. The molecule has 0 saturated heterocycles. The summed E-state index contributed by atoms with van der Waals surface area (Å²) in [6, 6.07) is 6.72. The van der Waals surface area contributed by atoms with E-state index in [2.05, 4.69) is 9.71 Å². The van der Waals surface area contributed by atoms with E-state index in [4.69, 9.17) is 11.0 Å². The number of nitrogens with zero attached hydrogens (tertiary/aromatic N) is 3. The van der Waals surface area contributed by atoms with Gasteiger partial charge in [-0.15, -0.1) is 0 Å². The van der Waals surface area contributed by atoms with Crippen molar-refractivity contribution >= 4 is 21.5 Å². The maximum Gasteiger partial charge on any atom is 0.281 e. The van der Waals surface area contributed by atoms with Gasteiger partial charge in [0.15, 0.2) is 10.8 Å². The van der Waals surface area contributed by atoms with Crippen LogP contribution in [-0.2, 0) is 17.1 Å². The second-order valence-electron chi connectivity index (χ2n) is 4.29. The van der Waals surface area contributed by atoms with Crippen molar-refractivity contribution in [1.29, 1.82) is 5.26 Å². The van der Waals surface area contributed by atoms with E-state index < -0.39 is 10.0 Å². The molecule has 104 valence electrons. The van der Waals surface area contributed by atoms with Crippen LogP contribution in [0.4, 0.5) is 11.5 Å². The molecule has 2 aromatic rings. The predicted molar refractivity (Wildman–Crippen MR) is 74.3 cm³/mol. The number of nitriles is 1. The zero-order chi connectivity index (χ0) is 14.9. The van der Waals surface area contributed by atoms with Crippen LogP contribution in [0, 0.1) is 18.3 Å². The zero-order valence-electron chi connectivity index (χ0n) is 11.0. The lowest BCUT2D eigenvalue weighted by Gasteiger charge is -2.11. The predicted octanol–water partition coefficient (Wildman–Crippen LogP) is 0.983. The Morgan fingerprint density at radius 2 is 2.15 bits per heavy atom. The maximum absolute atomic E-state index is 12.3. The molecule has 0 amide bonds. The van der Waals surface area contributed by atoms with Gasteiger partial charge in [-0.25, -0.2) is 4.98 Å². The molecular formula is C12H13N5O2S. The van der Waals surface area contributed by atoms with Crippen molar-refractivity contribution in [2.24, 2.45) is 7.05 Å². The summed E-state index contributed by atoms with van der Waals surface area (Å²) in [6.45, 7) is 1.74. The number of rotatable bonds is 3. The normalized spacial score (nSPS) is 11.1. The van der Waals surface area contributed by atoms with E-state index in [1.165, 1.54) is 24.0 Å². The molecule has 0 bridgehead atoms. The number of hydrogen-bond donors (Lipinski definition) is 2. The smallest absolute Gasteiger partial charge is 0.281 e. The molecule has 1 aromatic heterocycles. The minimum atomic E-state index is -3.86. The highest BCUT2D eigenvalue weighted by molar-refractivity contribution is 7.92. The lowest BCUT2D eigenvalue weighted by Crippen LogP contribution is -2.18. The summed E-state index contributed by atoms with van der Waals surface area (Å²) in [5.74, 6) is -0.0749. The molecule has 8 heteroatoms. The fourth-order valence-electron chi connectivity index (χ4n) is 1.76. The van der Waals surface area contributed by atoms with Gasteiger partial charge in [-0.1, -0.05) is 6.07 Å². The largest absolute Gasteiger partial charge is 0.381 e. The van der Waals surface area contributed by atoms with Gasteiger partial charge in [-0.3, -0.25) is 4.72 Å². The molecule has 0 spiro atoms. The number of nitrogens with one attached hydrogen (secondary N) is 1. The molecule has 2 rings (SSSR count). The summed E-state index contributed by atoms with van der Waals surface area (Å²) in [5.41, 5.74) is 6.98. The zero-order valence-corrected chi connectivity index (χ0v) is 11.8. The lowest BCUT2D eigenvalue weighted by molar-refractivity contribution is 0.592. The Labute approximate surface area is 116 Å². The second-order valence-corrected chi connectivity index (χ2v) is 5.89. The number of nitrogens with two attached hydrogens (primary N) is 1. The van der Waals surface area contributed by atoms with E-state index in [1.807, 2.05) is 6.07 Å². The van der Waals surface area contributed by atoms with Crippen LogP contribution in [0.15, 0.2) is 29.6 Å². The van der Waals surface area contributed by atoms with Gasteiger partial charge >= 0.3 is 0 Å². The first kappa shape index (κ1) is 13.9. The van der Waals surface area contributed by atoms with Crippen LogP contribution in [0.2, 0.25) is 0 Å². The van der Waals surface area contributed by atoms with E-state index in [0.717, 1.165) is 0 Å². The summed E-state index contributed by atoms with van der Waals surface area (Å²) in [7, 11) is -2.32. The molecule has 0 aliphatic rings. The number of anilines is 2. The van der Waals surface area contributed by atoms with Gasteiger partial charge in [0.1, 0.15) is 0 Å². The molecule has 0 radical (unpaired) electrons. The third-order valence-corrected chi connectivity index (χ3v) is 4.27. The molecule has 0 aliphatic carbocycles. The summed E-state index contributed by atoms with van der Waals surface area (Å²) < 4.78 is 28.4. The van der Waals surface area contributed by atoms with Crippen molar-refractivity contribution in [3.8, 4) is 6.07 Å². The van der Waals surface area contributed by atoms with Gasteiger partial charge in [0.25, 0.3) is 10.0 Å². The van der Waals surface area contributed by atoms with Gasteiger partial charge < -0.3 is 10.3 Å². The number of aryl methyl sites for hydroxylation is 2. The van der Waals surface area contributed by atoms with Gasteiger partial charge in [0.2, 0.25) is 0 Å². The number of sulfonamides is 1. The number of nitrogen functional groups attached to an aromatic ring is 1. The van der Waals surface area contributed by atoms with Crippen molar-refractivity contribution in [2.75, 3.05) is 10.5 Å². The van der Waals surface area contributed by atoms with Crippen LogP contribution in [0.3, 0.4) is 0 Å². The molecule has 0 aliphatic heterocycles. The highest BCUT2D eigenvalue weighted by Crippen LogP contribution is 2.23. The van der Waals surface area contributed by atoms with E-state index in [-0.39, 0.29) is 10.8 Å². The highest BCUT2D eigenvalue weighted by Gasteiger charge is 2.23. The minimum Gasteiger partial charge on any atom is -0.381 e. The molecule has 0 fully saturated rings. The summed E-state index contributed by atoms with van der Waals surface area (Å²) in [4.78, 5) is 3.75.